The second kappa shape index (κ2) is 10.5. The molecule has 2 N–H and O–H groups in total. The van der Waals surface area contributed by atoms with E-state index < -0.39 is 0 Å². The van der Waals surface area contributed by atoms with E-state index in [9.17, 15) is 4.79 Å². The summed E-state index contributed by atoms with van der Waals surface area (Å²) in [7, 11) is 1.64. The van der Waals surface area contributed by atoms with Gasteiger partial charge in [0.2, 0.25) is 0 Å². The van der Waals surface area contributed by atoms with E-state index in [1.165, 1.54) is 6.33 Å². The number of rotatable bonds is 7. The van der Waals surface area contributed by atoms with E-state index >= 15 is 0 Å². The molecule has 1 aromatic carbocycles. The first kappa shape index (κ1) is 22.8. The van der Waals surface area contributed by atoms with E-state index in [1.807, 2.05) is 25.1 Å². The summed E-state index contributed by atoms with van der Waals surface area (Å²) in [6, 6.07) is 7.74. The highest BCUT2D eigenvalue weighted by molar-refractivity contribution is 7.98. The van der Waals surface area contributed by atoms with E-state index in [4.69, 9.17) is 4.74 Å². The van der Waals surface area contributed by atoms with Crippen LogP contribution in [0.5, 0.6) is 5.75 Å². The lowest BCUT2D eigenvalue weighted by Crippen LogP contribution is -2.43. The van der Waals surface area contributed by atoms with Gasteiger partial charge in [-0.3, -0.25) is 4.90 Å². The van der Waals surface area contributed by atoms with E-state index in [2.05, 4.69) is 42.9 Å². The Hall–Kier alpha value is -3.40. The summed E-state index contributed by atoms with van der Waals surface area (Å²) in [6.45, 7) is 3.49. The largest absolute Gasteiger partial charge is 0.489 e. The van der Waals surface area contributed by atoms with Crippen LogP contribution in [0, 0.1) is 6.92 Å². The monoisotopic (exact) mass is 465 g/mol. The smallest absolute Gasteiger partial charge is 0.321 e. The van der Waals surface area contributed by atoms with Crippen LogP contribution in [0.2, 0.25) is 0 Å². The number of nitrogens with one attached hydrogen (secondary N) is 2. The Labute approximate surface area is 197 Å². The first-order valence-electron chi connectivity index (χ1n) is 10.7. The van der Waals surface area contributed by atoms with E-state index in [-0.39, 0.29) is 11.9 Å². The van der Waals surface area contributed by atoms with E-state index in [0.29, 0.717) is 19.7 Å². The van der Waals surface area contributed by atoms with Crippen molar-refractivity contribution in [1.82, 2.24) is 25.3 Å². The highest BCUT2D eigenvalue weighted by Crippen LogP contribution is 2.39. The van der Waals surface area contributed by atoms with Gasteiger partial charge in [0.1, 0.15) is 30.3 Å². The van der Waals surface area contributed by atoms with Crippen molar-refractivity contribution in [3.05, 3.63) is 54.4 Å². The molecule has 0 radical (unpaired) electrons. The number of fused-ring (bicyclic) bond motifs is 1. The SMILES string of the molecule is CNC(=O)N1CCOc2c(C(CNc3cc(-c4cnc(C)nc4)ncn3)CSC)cccc21. The zero-order valence-corrected chi connectivity index (χ0v) is 19.7. The lowest BCUT2D eigenvalue weighted by molar-refractivity contribution is 0.241. The molecule has 9 nitrogen and oxygen atoms in total. The topological polar surface area (TPSA) is 105 Å². The Morgan fingerprint density at radius 3 is 2.82 bits per heavy atom. The van der Waals surface area contributed by atoms with Gasteiger partial charge < -0.3 is 15.4 Å². The maximum atomic E-state index is 12.3. The quantitative estimate of drug-likeness (QED) is 0.547. The van der Waals surface area contributed by atoms with Gasteiger partial charge in [-0.2, -0.15) is 11.8 Å². The number of amides is 2. The predicted octanol–water partition coefficient (Wildman–Crippen LogP) is 3.34. The maximum Gasteiger partial charge on any atom is 0.321 e. The molecule has 0 bridgehead atoms. The van der Waals surface area contributed by atoms with Gasteiger partial charge in [-0.15, -0.1) is 0 Å². The summed E-state index contributed by atoms with van der Waals surface area (Å²) >= 11 is 1.77. The van der Waals surface area contributed by atoms with Gasteiger partial charge in [0.25, 0.3) is 0 Å². The number of anilines is 2. The number of thioether (sulfide) groups is 1. The molecule has 10 heteroatoms. The van der Waals surface area contributed by atoms with Gasteiger partial charge in [0.15, 0.2) is 0 Å². The highest BCUT2D eigenvalue weighted by atomic mass is 32.2. The number of aryl methyl sites for hydroxylation is 1. The molecule has 3 heterocycles. The third kappa shape index (κ3) is 5.16. The minimum absolute atomic E-state index is 0.134. The molecule has 0 aliphatic carbocycles. The lowest BCUT2D eigenvalue weighted by atomic mass is 9.98. The van der Waals surface area contributed by atoms with Crippen molar-refractivity contribution in [3.8, 4) is 17.0 Å². The summed E-state index contributed by atoms with van der Waals surface area (Å²) in [5.41, 5.74) is 3.47. The van der Waals surface area contributed by atoms with Gasteiger partial charge in [-0.1, -0.05) is 12.1 Å². The van der Waals surface area contributed by atoms with Crippen LogP contribution in [0.25, 0.3) is 11.3 Å². The third-order valence-electron chi connectivity index (χ3n) is 5.42. The van der Waals surface area contributed by atoms with Gasteiger partial charge >= 0.3 is 6.03 Å². The molecule has 4 rings (SSSR count). The van der Waals surface area contributed by atoms with Gasteiger partial charge in [-0.25, -0.2) is 24.7 Å². The Balaban J connectivity index is 1.56. The second-order valence-electron chi connectivity index (χ2n) is 7.59. The van der Waals surface area contributed by atoms with Gasteiger partial charge in [0, 0.05) is 54.9 Å². The number of aromatic nitrogens is 4. The number of hydrogen-bond donors (Lipinski definition) is 2. The van der Waals surface area contributed by atoms with Crippen LogP contribution in [0.15, 0.2) is 43.0 Å². The summed E-state index contributed by atoms with van der Waals surface area (Å²) in [4.78, 5) is 31.3. The Bertz CT molecular complexity index is 1110. The zero-order chi connectivity index (χ0) is 23.2. The first-order chi connectivity index (χ1) is 16.1. The summed E-state index contributed by atoms with van der Waals surface area (Å²) < 4.78 is 6.05. The molecular weight excluding hydrogens is 438 g/mol. The third-order valence-corrected chi connectivity index (χ3v) is 6.15. The predicted molar refractivity (Wildman–Crippen MR) is 131 cm³/mol. The number of urea groups is 1. The van der Waals surface area contributed by atoms with Gasteiger partial charge in [-0.05, 0) is 19.2 Å². The molecule has 1 unspecified atom stereocenters. The summed E-state index contributed by atoms with van der Waals surface area (Å²) in [5.74, 6) is 3.25. The standard InChI is InChI=1S/C23H27N7O2S/c1-15-25-10-16(11-26-15)19-9-21(29-14-28-19)27-12-17(13-33-3)18-5-4-6-20-22(18)32-8-7-30(20)23(31)24-2/h4-6,9-11,14,17H,7-8,12-13H2,1-3H3,(H,24,31)(H,27,28,29). The summed E-state index contributed by atoms with van der Waals surface area (Å²) in [6.07, 6.45) is 7.14. The van der Waals surface area contributed by atoms with Crippen molar-refractivity contribution in [2.24, 2.45) is 0 Å². The first-order valence-corrected chi connectivity index (χ1v) is 12.1. The molecule has 0 saturated carbocycles. The van der Waals surface area contributed by atoms with Crippen LogP contribution in [-0.4, -0.2) is 64.7 Å². The molecule has 2 aromatic heterocycles. The normalized spacial score (nSPS) is 13.6. The molecule has 3 aromatic rings. The highest BCUT2D eigenvalue weighted by Gasteiger charge is 2.27. The van der Waals surface area contributed by atoms with Crippen molar-refractivity contribution < 1.29 is 9.53 Å². The van der Waals surface area contributed by atoms with Crippen LogP contribution in [0.4, 0.5) is 16.3 Å². The molecular formula is C23H27N7O2S. The minimum atomic E-state index is -0.134. The number of carbonyl (C=O) groups excluding carboxylic acids is 1. The maximum absolute atomic E-state index is 12.3. The van der Waals surface area contributed by atoms with Crippen molar-refractivity contribution in [3.63, 3.8) is 0 Å². The Morgan fingerprint density at radius 1 is 1.24 bits per heavy atom. The van der Waals surface area contributed by atoms with Crippen LogP contribution in [-0.2, 0) is 0 Å². The molecule has 0 saturated heterocycles. The fourth-order valence-corrected chi connectivity index (χ4v) is 4.46. The van der Waals surface area contributed by atoms with Crippen molar-refractivity contribution >= 4 is 29.3 Å². The molecule has 2 amide bonds. The zero-order valence-electron chi connectivity index (χ0n) is 18.9. The van der Waals surface area contributed by atoms with Crippen LogP contribution < -0.4 is 20.3 Å². The lowest BCUT2D eigenvalue weighted by Gasteiger charge is -2.32. The number of hydrogen-bond acceptors (Lipinski definition) is 8. The average molecular weight is 466 g/mol. The molecule has 1 aliphatic rings. The van der Waals surface area contributed by atoms with Crippen LogP contribution >= 0.6 is 11.8 Å². The molecule has 33 heavy (non-hydrogen) atoms. The molecule has 172 valence electrons. The number of ether oxygens (including phenoxy) is 1. The summed E-state index contributed by atoms with van der Waals surface area (Å²) in [5, 5.41) is 6.16. The van der Waals surface area contributed by atoms with Crippen molar-refractivity contribution in [2.45, 2.75) is 12.8 Å². The Morgan fingerprint density at radius 2 is 2.06 bits per heavy atom. The fourth-order valence-electron chi connectivity index (χ4n) is 3.76. The minimum Gasteiger partial charge on any atom is -0.489 e. The molecule has 0 spiro atoms. The van der Waals surface area contributed by atoms with Crippen LogP contribution in [0.1, 0.15) is 17.3 Å². The Kier molecular flexibility index (Phi) is 7.23. The number of benzene rings is 1. The van der Waals surface area contributed by atoms with Crippen molar-refractivity contribution in [1.29, 1.82) is 0 Å². The molecule has 1 aliphatic heterocycles. The second-order valence-corrected chi connectivity index (χ2v) is 8.50. The fraction of sp³-hybridized carbons (Fsp3) is 0.348. The van der Waals surface area contributed by atoms with Crippen molar-refractivity contribution in [2.75, 3.05) is 49.0 Å². The van der Waals surface area contributed by atoms with E-state index in [0.717, 1.165) is 45.7 Å². The number of carbonyl (C=O) groups is 1. The number of para-hydroxylation sites is 1. The van der Waals surface area contributed by atoms with Crippen LogP contribution in [0.3, 0.4) is 0 Å². The average Bonchev–Trinajstić information content (AvgIpc) is 2.86. The number of nitrogens with zero attached hydrogens (tertiary/aromatic N) is 5. The van der Waals surface area contributed by atoms with E-state index in [1.54, 1.807) is 36.1 Å². The van der Waals surface area contributed by atoms with Gasteiger partial charge in [0.05, 0.1) is 17.9 Å². The molecule has 0 fully saturated rings. The molecule has 1 atom stereocenters.